The molecule has 0 radical (unpaired) electrons. The number of hydrogen-bond acceptors (Lipinski definition) is 6. The average molecular weight is 508 g/mol. The zero-order valence-corrected chi connectivity index (χ0v) is 21.1. The molecule has 2 aliphatic rings. The molecule has 9 heteroatoms. The summed E-state index contributed by atoms with van der Waals surface area (Å²) < 4.78 is 45.1. The van der Waals surface area contributed by atoms with Gasteiger partial charge in [0.15, 0.2) is 0 Å². The van der Waals surface area contributed by atoms with Crippen LogP contribution in [0.3, 0.4) is 0 Å². The normalized spacial score (nSPS) is 20.1. The van der Waals surface area contributed by atoms with Crippen LogP contribution in [-0.2, 0) is 15.7 Å². The molecule has 0 aliphatic carbocycles. The minimum Gasteiger partial charge on any atom is -0.496 e. The Morgan fingerprint density at radius 2 is 1.94 bits per heavy atom. The highest BCUT2D eigenvalue weighted by molar-refractivity contribution is 8.15. The maximum Gasteiger partial charge on any atom is 0.416 e. The van der Waals surface area contributed by atoms with E-state index in [-0.39, 0.29) is 10.4 Å². The second kappa shape index (κ2) is 11.2. The molecule has 0 spiro atoms. The molecular weight excluding hydrogens is 475 g/mol. The number of hydrogen-bond donors (Lipinski definition) is 0. The molecule has 1 aromatic heterocycles. The summed E-state index contributed by atoms with van der Waals surface area (Å²) in [4.78, 5) is 20.6. The van der Waals surface area contributed by atoms with E-state index in [1.54, 1.807) is 12.3 Å². The van der Waals surface area contributed by atoms with Gasteiger partial charge in [-0.25, -0.2) is 0 Å². The SMILES string of the molecule is CC1=C(OCCCCCN2CCCN(c3ccnc4cc(C(F)(F)F)ccc34)CC2)[C@H](C)SC1=O. The Balaban J connectivity index is 1.24. The number of ether oxygens (including phenoxy) is 1. The minimum absolute atomic E-state index is 0.117. The van der Waals surface area contributed by atoms with E-state index < -0.39 is 11.7 Å². The molecule has 190 valence electrons. The number of carbonyl (C=O) groups is 1. The first-order chi connectivity index (χ1) is 16.7. The van der Waals surface area contributed by atoms with Crippen LogP contribution < -0.4 is 4.90 Å². The molecule has 0 unspecified atom stereocenters. The fourth-order valence-electron chi connectivity index (χ4n) is 4.75. The molecule has 1 aromatic carbocycles. The van der Waals surface area contributed by atoms with Gasteiger partial charge in [0.2, 0.25) is 5.12 Å². The molecule has 2 aromatic rings. The van der Waals surface area contributed by atoms with Crippen molar-refractivity contribution >= 4 is 33.5 Å². The molecular formula is C26H32F3N3O2S. The highest BCUT2D eigenvalue weighted by Gasteiger charge is 2.31. The molecule has 3 heterocycles. The van der Waals surface area contributed by atoms with Crippen LogP contribution in [0.1, 0.15) is 45.1 Å². The lowest BCUT2D eigenvalue weighted by Gasteiger charge is -2.25. The average Bonchev–Trinajstić information content (AvgIpc) is 2.98. The predicted molar refractivity (Wildman–Crippen MR) is 135 cm³/mol. The minimum atomic E-state index is -4.37. The highest BCUT2D eigenvalue weighted by atomic mass is 32.2. The number of benzene rings is 1. The zero-order chi connectivity index (χ0) is 25.0. The second-order valence-electron chi connectivity index (χ2n) is 9.19. The quantitative estimate of drug-likeness (QED) is 0.416. The lowest BCUT2D eigenvalue weighted by molar-refractivity contribution is -0.137. The summed E-state index contributed by atoms with van der Waals surface area (Å²) in [5.41, 5.74) is 1.41. The van der Waals surface area contributed by atoms with Crippen molar-refractivity contribution in [3.05, 3.63) is 47.4 Å². The van der Waals surface area contributed by atoms with Crippen molar-refractivity contribution in [3.8, 4) is 0 Å². The largest absolute Gasteiger partial charge is 0.496 e. The number of carbonyl (C=O) groups excluding carboxylic acids is 1. The van der Waals surface area contributed by atoms with Gasteiger partial charge in [0, 0.05) is 42.5 Å². The topological polar surface area (TPSA) is 45.7 Å². The van der Waals surface area contributed by atoms with Crippen LogP contribution in [-0.4, -0.2) is 59.6 Å². The third-order valence-corrected chi connectivity index (χ3v) is 7.77. The first kappa shape index (κ1) is 25.8. The Labute approximate surface area is 208 Å². The molecule has 0 saturated carbocycles. The lowest BCUT2D eigenvalue weighted by Crippen LogP contribution is -2.31. The Bertz CT molecular complexity index is 1090. The van der Waals surface area contributed by atoms with Gasteiger partial charge in [0.1, 0.15) is 5.76 Å². The fourth-order valence-corrected chi connectivity index (χ4v) is 5.70. The van der Waals surface area contributed by atoms with Crippen LogP contribution in [0.15, 0.2) is 41.8 Å². The summed E-state index contributed by atoms with van der Waals surface area (Å²) in [6.45, 7) is 9.14. The number of alkyl halides is 3. The van der Waals surface area contributed by atoms with Gasteiger partial charge >= 0.3 is 6.18 Å². The lowest BCUT2D eigenvalue weighted by atomic mass is 10.1. The van der Waals surface area contributed by atoms with Gasteiger partial charge < -0.3 is 14.5 Å². The van der Waals surface area contributed by atoms with Gasteiger partial charge in [0.25, 0.3) is 0 Å². The van der Waals surface area contributed by atoms with Crippen molar-refractivity contribution in [1.29, 1.82) is 0 Å². The number of unbranched alkanes of at least 4 members (excludes halogenated alkanes) is 2. The smallest absolute Gasteiger partial charge is 0.416 e. The number of thioether (sulfide) groups is 1. The number of fused-ring (bicyclic) bond motifs is 1. The number of halogens is 3. The Kier molecular flexibility index (Phi) is 8.27. The summed E-state index contributed by atoms with van der Waals surface area (Å²) in [5, 5.41) is 0.997. The predicted octanol–water partition coefficient (Wildman–Crippen LogP) is 5.89. The number of pyridine rings is 1. The van der Waals surface area contributed by atoms with Crippen LogP contribution >= 0.6 is 11.8 Å². The van der Waals surface area contributed by atoms with Gasteiger partial charge in [-0.1, -0.05) is 17.8 Å². The third kappa shape index (κ3) is 6.30. The number of aromatic nitrogens is 1. The number of anilines is 1. The van der Waals surface area contributed by atoms with Crippen molar-refractivity contribution in [2.24, 2.45) is 0 Å². The van der Waals surface area contributed by atoms with Gasteiger partial charge in [-0.15, -0.1) is 0 Å². The summed E-state index contributed by atoms with van der Waals surface area (Å²) in [7, 11) is 0. The first-order valence-corrected chi connectivity index (χ1v) is 13.1. The summed E-state index contributed by atoms with van der Waals surface area (Å²) in [6, 6.07) is 5.72. The standard InChI is InChI=1S/C26H32F3N3O2S/c1-18-24(19(2)35-25(18)33)34-16-5-3-4-11-31-12-6-13-32(15-14-31)23-9-10-30-22-17-20(26(27,28)29)7-8-21(22)23/h7-10,17,19H,3-6,11-16H2,1-2H3/t19-/m0/s1. The van der Waals surface area contributed by atoms with Crippen molar-refractivity contribution in [3.63, 3.8) is 0 Å². The van der Waals surface area contributed by atoms with Crippen LogP contribution in [0.4, 0.5) is 18.9 Å². The molecule has 35 heavy (non-hydrogen) atoms. The van der Waals surface area contributed by atoms with E-state index in [4.69, 9.17) is 4.74 Å². The van der Waals surface area contributed by atoms with Gasteiger partial charge in [0.05, 0.1) is 22.9 Å². The van der Waals surface area contributed by atoms with Gasteiger partial charge in [-0.05, 0) is 70.8 Å². The second-order valence-corrected chi connectivity index (χ2v) is 10.5. The zero-order valence-electron chi connectivity index (χ0n) is 20.2. The first-order valence-electron chi connectivity index (χ1n) is 12.2. The molecule has 4 rings (SSSR count). The van der Waals surface area contributed by atoms with Crippen LogP contribution in [0.5, 0.6) is 0 Å². The van der Waals surface area contributed by atoms with Gasteiger partial charge in [-0.3, -0.25) is 9.78 Å². The monoisotopic (exact) mass is 507 g/mol. The van der Waals surface area contributed by atoms with E-state index in [2.05, 4.69) is 14.8 Å². The van der Waals surface area contributed by atoms with Crippen molar-refractivity contribution in [1.82, 2.24) is 9.88 Å². The number of rotatable bonds is 8. The van der Waals surface area contributed by atoms with E-state index in [0.717, 1.165) is 92.9 Å². The molecule has 0 N–H and O–H groups in total. The third-order valence-electron chi connectivity index (χ3n) is 6.68. The van der Waals surface area contributed by atoms with Crippen molar-refractivity contribution < 1.29 is 22.7 Å². The van der Waals surface area contributed by atoms with E-state index in [1.807, 2.05) is 19.9 Å². The highest BCUT2D eigenvalue weighted by Crippen LogP contribution is 2.35. The maximum absolute atomic E-state index is 13.1. The number of nitrogens with zero attached hydrogens (tertiary/aromatic N) is 3. The Morgan fingerprint density at radius 3 is 2.69 bits per heavy atom. The summed E-state index contributed by atoms with van der Waals surface area (Å²) >= 11 is 1.33. The van der Waals surface area contributed by atoms with Crippen molar-refractivity contribution in [2.75, 3.05) is 44.2 Å². The van der Waals surface area contributed by atoms with Crippen LogP contribution in [0.25, 0.3) is 10.9 Å². The van der Waals surface area contributed by atoms with E-state index in [9.17, 15) is 18.0 Å². The van der Waals surface area contributed by atoms with Crippen LogP contribution in [0.2, 0.25) is 0 Å². The van der Waals surface area contributed by atoms with Crippen molar-refractivity contribution in [2.45, 2.75) is 51.0 Å². The molecule has 1 atom stereocenters. The van der Waals surface area contributed by atoms with Crippen LogP contribution in [0, 0.1) is 0 Å². The fraction of sp³-hybridized carbons (Fsp3) is 0.538. The Morgan fingerprint density at radius 1 is 1.11 bits per heavy atom. The Hall–Kier alpha value is -2.26. The summed E-state index contributed by atoms with van der Waals surface area (Å²) in [6.07, 6.45) is 1.35. The summed E-state index contributed by atoms with van der Waals surface area (Å²) in [5.74, 6) is 0.839. The van der Waals surface area contributed by atoms with Gasteiger partial charge in [-0.2, -0.15) is 13.2 Å². The molecule has 0 bridgehead atoms. The molecule has 5 nitrogen and oxygen atoms in total. The molecule has 1 fully saturated rings. The maximum atomic E-state index is 13.1. The molecule has 2 aliphatic heterocycles. The molecule has 0 amide bonds. The van der Waals surface area contributed by atoms with E-state index >= 15 is 0 Å². The molecule has 1 saturated heterocycles. The van der Waals surface area contributed by atoms with E-state index in [1.165, 1.54) is 11.8 Å². The van der Waals surface area contributed by atoms with E-state index in [0.29, 0.717) is 12.1 Å².